The summed E-state index contributed by atoms with van der Waals surface area (Å²) in [4.78, 5) is 7.03. The van der Waals surface area contributed by atoms with Crippen LogP contribution in [-0.4, -0.2) is 26.5 Å². The Bertz CT molecular complexity index is 824. The van der Waals surface area contributed by atoms with Crippen LogP contribution < -0.4 is 9.62 Å². The summed E-state index contributed by atoms with van der Waals surface area (Å²) in [6.45, 7) is 5.78. The number of hydrogen-bond donors (Lipinski definition) is 1. The van der Waals surface area contributed by atoms with Crippen LogP contribution in [0, 0.1) is 13.8 Å². The van der Waals surface area contributed by atoms with Crippen molar-refractivity contribution >= 4 is 21.5 Å². The Kier molecular flexibility index (Phi) is 5.27. The Morgan fingerprint density at radius 2 is 1.72 bits per heavy atom. The molecule has 25 heavy (non-hydrogen) atoms. The number of aryl methyl sites for hydroxylation is 2. The minimum absolute atomic E-state index is 0.301. The van der Waals surface area contributed by atoms with Gasteiger partial charge >= 0.3 is 0 Å². The van der Waals surface area contributed by atoms with Gasteiger partial charge in [0.2, 0.25) is 0 Å². The fourth-order valence-corrected chi connectivity index (χ4v) is 4.52. The normalized spacial score (nSPS) is 15.7. The predicted molar refractivity (Wildman–Crippen MR) is 102 cm³/mol. The van der Waals surface area contributed by atoms with Crippen LogP contribution >= 0.6 is 0 Å². The third kappa shape index (κ3) is 4.31. The Balaban J connectivity index is 1.76. The van der Waals surface area contributed by atoms with Gasteiger partial charge in [-0.2, -0.15) is 0 Å². The number of hydrogen-bond acceptors (Lipinski definition) is 4. The Morgan fingerprint density at radius 1 is 1.00 bits per heavy atom. The number of anilines is 2. The number of benzene rings is 1. The second-order valence-corrected chi connectivity index (χ2v) is 8.33. The first-order chi connectivity index (χ1) is 12.0. The van der Waals surface area contributed by atoms with Gasteiger partial charge in [0.25, 0.3) is 10.0 Å². The maximum atomic E-state index is 12.6. The van der Waals surface area contributed by atoms with E-state index in [-0.39, 0.29) is 0 Å². The average Bonchev–Trinajstić information content (AvgIpc) is 2.84. The number of nitrogens with zero attached hydrogens (tertiary/aromatic N) is 2. The summed E-state index contributed by atoms with van der Waals surface area (Å²) in [5.41, 5.74) is 2.26. The fraction of sp³-hybridized carbons (Fsp3) is 0.421. The molecule has 0 aliphatic carbocycles. The lowest BCUT2D eigenvalue weighted by Crippen LogP contribution is -2.24. The van der Waals surface area contributed by atoms with Gasteiger partial charge in [-0.15, -0.1) is 0 Å². The molecule has 0 radical (unpaired) electrons. The van der Waals surface area contributed by atoms with Crippen molar-refractivity contribution in [3.63, 3.8) is 0 Å². The summed E-state index contributed by atoms with van der Waals surface area (Å²) in [6.07, 6.45) is 6.50. The molecule has 3 rings (SSSR count). The van der Waals surface area contributed by atoms with Crippen LogP contribution in [0.25, 0.3) is 0 Å². The molecule has 1 saturated heterocycles. The van der Waals surface area contributed by atoms with Gasteiger partial charge in [-0.05, 0) is 50.5 Å². The summed E-state index contributed by atoms with van der Waals surface area (Å²) < 4.78 is 27.9. The van der Waals surface area contributed by atoms with Crippen LogP contribution in [0.15, 0.2) is 41.4 Å². The molecule has 0 bridgehead atoms. The van der Waals surface area contributed by atoms with Crippen molar-refractivity contribution in [1.29, 1.82) is 0 Å². The van der Waals surface area contributed by atoms with E-state index in [0.717, 1.165) is 30.0 Å². The van der Waals surface area contributed by atoms with E-state index in [2.05, 4.69) is 14.6 Å². The van der Waals surface area contributed by atoms with Crippen molar-refractivity contribution in [2.75, 3.05) is 22.7 Å². The molecule has 0 atom stereocenters. The molecule has 0 unspecified atom stereocenters. The van der Waals surface area contributed by atoms with Crippen molar-refractivity contribution in [3.05, 3.63) is 47.7 Å². The monoisotopic (exact) mass is 359 g/mol. The number of nitrogens with one attached hydrogen (secondary N) is 1. The first kappa shape index (κ1) is 17.7. The lowest BCUT2D eigenvalue weighted by atomic mass is 10.2. The standard InChI is InChI=1S/C19H25N3O2S/c1-15-7-9-18(16(2)13-15)25(23,24)21-17-8-10-19(20-14-17)22-11-5-3-4-6-12-22/h7-10,13-14,21H,3-6,11-12H2,1-2H3. The Hall–Kier alpha value is -2.08. The zero-order chi connectivity index (χ0) is 17.9. The summed E-state index contributed by atoms with van der Waals surface area (Å²) in [6, 6.07) is 9.00. The summed E-state index contributed by atoms with van der Waals surface area (Å²) in [7, 11) is -3.61. The van der Waals surface area contributed by atoms with Gasteiger partial charge in [0.15, 0.2) is 0 Å². The van der Waals surface area contributed by atoms with E-state index in [1.807, 2.05) is 32.0 Å². The predicted octanol–water partition coefficient (Wildman–Crippen LogP) is 3.88. The number of sulfonamides is 1. The first-order valence-electron chi connectivity index (χ1n) is 8.77. The third-order valence-corrected chi connectivity index (χ3v) is 6.09. The molecule has 0 saturated carbocycles. The minimum Gasteiger partial charge on any atom is -0.357 e. The molecule has 1 aliphatic rings. The van der Waals surface area contributed by atoms with E-state index < -0.39 is 10.0 Å². The van der Waals surface area contributed by atoms with Crippen LogP contribution in [0.1, 0.15) is 36.8 Å². The third-order valence-electron chi connectivity index (χ3n) is 4.55. The van der Waals surface area contributed by atoms with Crippen molar-refractivity contribution in [3.8, 4) is 0 Å². The maximum Gasteiger partial charge on any atom is 0.262 e. The number of pyridine rings is 1. The summed E-state index contributed by atoms with van der Waals surface area (Å²) in [5.74, 6) is 0.913. The topological polar surface area (TPSA) is 62.3 Å². The molecule has 1 N–H and O–H groups in total. The highest BCUT2D eigenvalue weighted by molar-refractivity contribution is 7.92. The largest absolute Gasteiger partial charge is 0.357 e. The molecular weight excluding hydrogens is 334 g/mol. The zero-order valence-electron chi connectivity index (χ0n) is 14.8. The van der Waals surface area contributed by atoms with Crippen LogP contribution in [0.3, 0.4) is 0 Å². The summed E-state index contributed by atoms with van der Waals surface area (Å²) >= 11 is 0. The van der Waals surface area contributed by atoms with Gasteiger partial charge in [-0.1, -0.05) is 30.5 Å². The SMILES string of the molecule is Cc1ccc(S(=O)(=O)Nc2ccc(N3CCCCCC3)nc2)c(C)c1. The Morgan fingerprint density at radius 3 is 2.32 bits per heavy atom. The van der Waals surface area contributed by atoms with Gasteiger partial charge in [-0.25, -0.2) is 13.4 Å². The zero-order valence-corrected chi connectivity index (χ0v) is 15.6. The molecule has 1 fully saturated rings. The molecule has 1 aromatic carbocycles. The number of aromatic nitrogens is 1. The molecule has 6 heteroatoms. The lowest BCUT2D eigenvalue weighted by molar-refractivity contribution is 0.600. The van der Waals surface area contributed by atoms with Gasteiger partial charge in [0.05, 0.1) is 16.8 Å². The summed E-state index contributed by atoms with van der Waals surface area (Å²) in [5, 5.41) is 0. The molecule has 2 heterocycles. The smallest absolute Gasteiger partial charge is 0.262 e. The molecular formula is C19H25N3O2S. The minimum atomic E-state index is -3.61. The van der Waals surface area contributed by atoms with Crippen LogP contribution in [0.2, 0.25) is 0 Å². The van der Waals surface area contributed by atoms with Crippen LogP contribution in [0.4, 0.5) is 11.5 Å². The van der Waals surface area contributed by atoms with E-state index in [9.17, 15) is 8.42 Å². The highest BCUT2D eigenvalue weighted by atomic mass is 32.2. The highest BCUT2D eigenvalue weighted by Gasteiger charge is 2.17. The lowest BCUT2D eigenvalue weighted by Gasteiger charge is -2.21. The average molecular weight is 359 g/mol. The van der Waals surface area contributed by atoms with Crippen molar-refractivity contribution in [2.24, 2.45) is 0 Å². The molecule has 5 nitrogen and oxygen atoms in total. The quantitative estimate of drug-likeness (QED) is 0.900. The van der Waals surface area contributed by atoms with E-state index in [1.54, 1.807) is 18.3 Å². The van der Waals surface area contributed by atoms with Gasteiger partial charge in [0.1, 0.15) is 5.82 Å². The molecule has 134 valence electrons. The van der Waals surface area contributed by atoms with E-state index in [1.165, 1.54) is 25.7 Å². The van der Waals surface area contributed by atoms with Crippen LogP contribution in [-0.2, 0) is 10.0 Å². The maximum absolute atomic E-state index is 12.6. The molecule has 2 aromatic rings. The van der Waals surface area contributed by atoms with Crippen LogP contribution in [0.5, 0.6) is 0 Å². The molecule has 1 aromatic heterocycles. The van der Waals surface area contributed by atoms with E-state index in [4.69, 9.17) is 0 Å². The van der Waals surface area contributed by atoms with Crippen molar-refractivity contribution in [1.82, 2.24) is 4.98 Å². The van der Waals surface area contributed by atoms with Crippen molar-refractivity contribution < 1.29 is 8.42 Å². The molecule has 1 aliphatic heterocycles. The van der Waals surface area contributed by atoms with E-state index in [0.29, 0.717) is 10.6 Å². The second kappa shape index (κ2) is 7.44. The highest BCUT2D eigenvalue weighted by Crippen LogP contribution is 2.22. The van der Waals surface area contributed by atoms with Gasteiger partial charge in [0, 0.05) is 13.1 Å². The molecule has 0 amide bonds. The Labute approximate surface area is 150 Å². The second-order valence-electron chi connectivity index (χ2n) is 6.68. The molecule has 0 spiro atoms. The first-order valence-corrected chi connectivity index (χ1v) is 10.3. The van der Waals surface area contributed by atoms with Crippen molar-refractivity contribution in [2.45, 2.75) is 44.4 Å². The van der Waals surface area contributed by atoms with Gasteiger partial charge < -0.3 is 4.90 Å². The fourth-order valence-electron chi connectivity index (χ4n) is 3.24. The van der Waals surface area contributed by atoms with E-state index >= 15 is 0 Å². The van der Waals surface area contributed by atoms with Gasteiger partial charge in [-0.3, -0.25) is 4.72 Å². The number of rotatable bonds is 4.